The predicted octanol–water partition coefficient (Wildman–Crippen LogP) is 5.23. The van der Waals surface area contributed by atoms with E-state index in [2.05, 4.69) is 5.32 Å². The van der Waals surface area contributed by atoms with E-state index in [4.69, 9.17) is 17.0 Å². The Bertz CT molecular complexity index is 1090. The molecule has 0 aliphatic rings. The maximum absolute atomic E-state index is 11.2. The molecule has 29 heavy (non-hydrogen) atoms. The number of anilines is 1. The van der Waals surface area contributed by atoms with Crippen molar-refractivity contribution in [2.24, 2.45) is 0 Å². The molecule has 0 bridgehead atoms. The van der Waals surface area contributed by atoms with Gasteiger partial charge in [-0.05, 0) is 56.2 Å². The molecule has 3 rings (SSSR count). The molecule has 0 saturated heterocycles. The molecule has 0 unspecified atom stereocenters. The summed E-state index contributed by atoms with van der Waals surface area (Å²) in [6.45, 7) is 6.07. The van der Waals surface area contributed by atoms with Gasteiger partial charge in [0.25, 0.3) is 5.70 Å². The molecule has 0 atom stereocenters. The molecule has 148 valence electrons. The SMILES string of the molecule is COc1cccc(NC(=S)/C(=C(/O)c2ccc(C)c(C)c2)[n+]2cccc(C)c2)c1. The zero-order chi connectivity index (χ0) is 21.0. The van der Waals surface area contributed by atoms with Gasteiger partial charge in [-0.2, -0.15) is 4.57 Å². The molecule has 5 heteroatoms. The second-order valence-corrected chi connectivity index (χ2v) is 7.38. The van der Waals surface area contributed by atoms with Crippen LogP contribution in [0.25, 0.3) is 11.5 Å². The summed E-state index contributed by atoms with van der Waals surface area (Å²) in [6.07, 6.45) is 3.81. The van der Waals surface area contributed by atoms with E-state index in [1.54, 1.807) is 7.11 Å². The molecule has 0 amide bonds. The monoisotopic (exact) mass is 405 g/mol. The summed E-state index contributed by atoms with van der Waals surface area (Å²) in [4.78, 5) is 0.407. The van der Waals surface area contributed by atoms with Crippen LogP contribution in [0.1, 0.15) is 22.3 Å². The number of nitrogens with zero attached hydrogens (tertiary/aromatic N) is 1. The van der Waals surface area contributed by atoms with Gasteiger partial charge in [0.1, 0.15) is 5.75 Å². The number of benzene rings is 2. The predicted molar refractivity (Wildman–Crippen MR) is 122 cm³/mol. The Morgan fingerprint density at radius 3 is 2.48 bits per heavy atom. The van der Waals surface area contributed by atoms with Gasteiger partial charge in [0.2, 0.25) is 0 Å². The van der Waals surface area contributed by atoms with E-state index in [1.807, 2.05) is 92.3 Å². The lowest BCUT2D eigenvalue weighted by Gasteiger charge is -2.12. The minimum atomic E-state index is 0.115. The van der Waals surface area contributed by atoms with Crippen LogP contribution in [0.15, 0.2) is 67.0 Å². The molecule has 1 heterocycles. The second-order valence-electron chi connectivity index (χ2n) is 6.97. The van der Waals surface area contributed by atoms with Crippen LogP contribution in [0.2, 0.25) is 0 Å². The number of aliphatic hydroxyl groups excluding tert-OH is 1. The van der Waals surface area contributed by atoms with Crippen molar-refractivity contribution in [2.45, 2.75) is 20.8 Å². The zero-order valence-electron chi connectivity index (χ0n) is 17.1. The number of nitrogens with one attached hydrogen (secondary N) is 1. The molecule has 0 aliphatic heterocycles. The van der Waals surface area contributed by atoms with Gasteiger partial charge >= 0.3 is 0 Å². The normalized spacial score (nSPS) is 11.6. The molecule has 0 spiro atoms. The number of thiocarbonyl (C=S) groups is 1. The molecule has 3 aromatic rings. The zero-order valence-corrected chi connectivity index (χ0v) is 17.9. The Hall–Kier alpha value is -3.18. The average molecular weight is 406 g/mol. The van der Waals surface area contributed by atoms with Crippen molar-refractivity contribution in [2.75, 3.05) is 12.4 Å². The molecule has 4 nitrogen and oxygen atoms in total. The van der Waals surface area contributed by atoms with Crippen LogP contribution < -0.4 is 14.6 Å². The summed E-state index contributed by atoms with van der Waals surface area (Å²) in [5.41, 5.74) is 5.34. The Morgan fingerprint density at radius 2 is 1.79 bits per heavy atom. The van der Waals surface area contributed by atoms with Crippen LogP contribution in [-0.4, -0.2) is 17.2 Å². The maximum atomic E-state index is 11.2. The molecule has 0 radical (unpaired) electrons. The highest BCUT2D eigenvalue weighted by Gasteiger charge is 2.24. The lowest BCUT2D eigenvalue weighted by molar-refractivity contribution is -0.576. The van der Waals surface area contributed by atoms with E-state index in [-0.39, 0.29) is 5.76 Å². The Labute approximate surface area is 177 Å². The number of aryl methyl sites for hydroxylation is 3. The van der Waals surface area contributed by atoms with E-state index >= 15 is 0 Å². The summed E-state index contributed by atoms with van der Waals surface area (Å²) < 4.78 is 7.13. The first-order valence-corrected chi connectivity index (χ1v) is 9.74. The highest BCUT2D eigenvalue weighted by atomic mass is 32.1. The highest BCUT2D eigenvalue weighted by molar-refractivity contribution is 7.81. The van der Waals surface area contributed by atoms with Gasteiger partial charge in [-0.15, -0.1) is 0 Å². The van der Waals surface area contributed by atoms with Crippen LogP contribution in [0.5, 0.6) is 5.75 Å². The first kappa shape index (κ1) is 20.6. The highest BCUT2D eigenvalue weighted by Crippen LogP contribution is 2.23. The fraction of sp³-hybridized carbons (Fsp3) is 0.167. The Morgan fingerprint density at radius 1 is 1.00 bits per heavy atom. The number of methoxy groups -OCH3 is 1. The van der Waals surface area contributed by atoms with Crippen LogP contribution >= 0.6 is 12.2 Å². The van der Waals surface area contributed by atoms with Crippen molar-refractivity contribution in [1.82, 2.24) is 0 Å². The molecule has 2 aromatic carbocycles. The number of hydrogen-bond donors (Lipinski definition) is 2. The van der Waals surface area contributed by atoms with Crippen LogP contribution in [-0.2, 0) is 0 Å². The molecule has 2 N–H and O–H groups in total. The van der Waals surface area contributed by atoms with Crippen molar-refractivity contribution in [3.63, 3.8) is 0 Å². The number of pyridine rings is 1. The van der Waals surface area contributed by atoms with Crippen LogP contribution in [0.3, 0.4) is 0 Å². The topological polar surface area (TPSA) is 45.4 Å². The maximum Gasteiger partial charge on any atom is 0.288 e. The lowest BCUT2D eigenvalue weighted by Crippen LogP contribution is -2.38. The van der Waals surface area contributed by atoms with E-state index in [0.29, 0.717) is 16.2 Å². The molecule has 0 aliphatic carbocycles. The minimum absolute atomic E-state index is 0.115. The minimum Gasteiger partial charge on any atom is -0.502 e. The van der Waals surface area contributed by atoms with Gasteiger partial charge in [-0.3, -0.25) is 0 Å². The van der Waals surface area contributed by atoms with Crippen LogP contribution in [0.4, 0.5) is 5.69 Å². The standard InChI is InChI=1S/C24H24N2O2S/c1-16-7-6-12-26(15-16)22(23(27)19-11-10-17(2)18(3)13-19)24(29)25-20-8-5-9-21(14-20)28-4/h5-15H,1-4H3,(H-,25,27,29)/p+1. The summed E-state index contributed by atoms with van der Waals surface area (Å²) in [7, 11) is 1.62. The summed E-state index contributed by atoms with van der Waals surface area (Å²) >= 11 is 5.71. The van der Waals surface area contributed by atoms with Gasteiger partial charge in [0.05, 0.1) is 7.11 Å². The van der Waals surface area contributed by atoms with Crippen molar-refractivity contribution >= 4 is 34.3 Å². The number of rotatable bonds is 5. The molecule has 0 fully saturated rings. The Kier molecular flexibility index (Phi) is 6.29. The summed E-state index contributed by atoms with van der Waals surface area (Å²) in [5.74, 6) is 0.842. The second kappa shape index (κ2) is 8.88. The van der Waals surface area contributed by atoms with E-state index in [9.17, 15) is 5.11 Å². The van der Waals surface area contributed by atoms with Gasteiger partial charge < -0.3 is 15.2 Å². The lowest BCUT2D eigenvalue weighted by atomic mass is 10.0. The van der Waals surface area contributed by atoms with Crippen molar-refractivity contribution in [3.8, 4) is 5.75 Å². The summed E-state index contributed by atoms with van der Waals surface area (Å²) in [6, 6.07) is 17.3. The number of ether oxygens (including phenoxy) is 1. The number of aliphatic hydroxyl groups is 1. The van der Waals surface area contributed by atoms with E-state index in [1.165, 1.54) is 5.56 Å². The van der Waals surface area contributed by atoms with Crippen molar-refractivity contribution in [1.29, 1.82) is 0 Å². The van der Waals surface area contributed by atoms with Crippen LogP contribution in [0, 0.1) is 20.8 Å². The smallest absolute Gasteiger partial charge is 0.288 e. The number of hydrogen-bond acceptors (Lipinski definition) is 3. The average Bonchev–Trinajstić information content (AvgIpc) is 2.70. The molecular formula is C24H25N2O2S+. The van der Waals surface area contributed by atoms with Gasteiger partial charge in [0, 0.05) is 28.9 Å². The summed E-state index contributed by atoms with van der Waals surface area (Å²) in [5, 5.41) is 14.4. The first-order valence-electron chi connectivity index (χ1n) is 9.33. The largest absolute Gasteiger partial charge is 0.502 e. The third-order valence-corrected chi connectivity index (χ3v) is 5.05. The molecule has 0 saturated carbocycles. The van der Waals surface area contributed by atoms with Gasteiger partial charge in [-0.1, -0.05) is 30.4 Å². The van der Waals surface area contributed by atoms with E-state index in [0.717, 1.165) is 22.6 Å². The quantitative estimate of drug-likeness (QED) is 0.264. The molecule has 1 aromatic heterocycles. The van der Waals surface area contributed by atoms with E-state index < -0.39 is 0 Å². The fourth-order valence-electron chi connectivity index (χ4n) is 3.00. The first-order chi connectivity index (χ1) is 13.9. The third kappa shape index (κ3) is 4.81. The van der Waals surface area contributed by atoms with Gasteiger partial charge in [0.15, 0.2) is 23.1 Å². The van der Waals surface area contributed by atoms with Crippen molar-refractivity contribution < 1.29 is 14.4 Å². The molecular weight excluding hydrogens is 380 g/mol. The van der Waals surface area contributed by atoms with Crippen molar-refractivity contribution in [3.05, 3.63) is 89.2 Å². The fourth-order valence-corrected chi connectivity index (χ4v) is 3.32. The van der Waals surface area contributed by atoms with Gasteiger partial charge in [-0.25, -0.2) is 0 Å². The number of aromatic nitrogens is 1. The Balaban J connectivity index is 2.09. The third-order valence-electron chi connectivity index (χ3n) is 4.75.